The van der Waals surface area contributed by atoms with Gasteiger partial charge < -0.3 is 0 Å². The van der Waals surface area contributed by atoms with Crippen LogP contribution in [0, 0.1) is 18.7 Å². The molecule has 0 spiro atoms. The van der Waals surface area contributed by atoms with Crippen molar-refractivity contribution in [3.05, 3.63) is 95.1 Å². The Balaban J connectivity index is 1.44. The van der Waals surface area contributed by atoms with Gasteiger partial charge >= 0.3 is 0 Å². The topological polar surface area (TPSA) is 103 Å². The lowest BCUT2D eigenvalue weighted by molar-refractivity contribution is 0.0821. The SMILES string of the molecule is Cc1ccnc(C(=O)[C@@H]2C3Cc4cnn(-c5ccc(F)cc5)c4C=C3CCN2S(=O)(=O)c2cnn(C)c2)c1. The molecule has 11 heteroatoms. The number of carbonyl (C=O) groups is 1. The Bertz CT molecular complexity index is 1690. The number of hydrogen-bond acceptors (Lipinski definition) is 6. The Labute approximate surface area is 219 Å². The molecular weight excluding hydrogens is 507 g/mol. The van der Waals surface area contributed by atoms with Crippen LogP contribution in [-0.2, 0) is 23.5 Å². The molecule has 194 valence electrons. The van der Waals surface area contributed by atoms with E-state index in [2.05, 4.69) is 15.2 Å². The Morgan fingerprint density at radius 3 is 2.61 bits per heavy atom. The van der Waals surface area contributed by atoms with Crippen LogP contribution in [0.25, 0.3) is 11.8 Å². The maximum Gasteiger partial charge on any atom is 0.246 e. The molecule has 0 radical (unpaired) electrons. The van der Waals surface area contributed by atoms with E-state index in [4.69, 9.17) is 0 Å². The van der Waals surface area contributed by atoms with Gasteiger partial charge in [-0.15, -0.1) is 0 Å². The molecule has 1 aliphatic carbocycles. The van der Waals surface area contributed by atoms with Crippen molar-refractivity contribution in [2.24, 2.45) is 13.0 Å². The summed E-state index contributed by atoms with van der Waals surface area (Å²) >= 11 is 0. The predicted molar refractivity (Wildman–Crippen MR) is 138 cm³/mol. The standard InChI is InChI=1S/C27H25FN6O3S/c1-17-7-9-29-24(11-17)27(35)26-23-12-19-14-31-34(21-5-3-20(28)4-6-21)25(19)13-18(23)8-10-33(26)38(36,37)22-15-30-32(2)16-22/h3-7,9,11,13-16,23,26H,8,10,12H2,1-2H3/t23?,26-/m0/s1. The lowest BCUT2D eigenvalue weighted by Gasteiger charge is -2.42. The van der Waals surface area contributed by atoms with Crippen molar-refractivity contribution in [1.29, 1.82) is 0 Å². The quantitative estimate of drug-likeness (QED) is 0.365. The lowest BCUT2D eigenvalue weighted by atomic mass is 9.76. The largest absolute Gasteiger partial charge is 0.291 e. The molecule has 9 nitrogen and oxygen atoms in total. The molecule has 1 unspecified atom stereocenters. The van der Waals surface area contributed by atoms with Gasteiger partial charge in [-0.3, -0.25) is 14.5 Å². The van der Waals surface area contributed by atoms with Crippen molar-refractivity contribution in [2.75, 3.05) is 6.54 Å². The normalized spacial score (nSPS) is 19.5. The molecular formula is C27H25FN6O3S. The molecule has 3 aromatic heterocycles. The van der Waals surface area contributed by atoms with E-state index in [0.717, 1.165) is 28.1 Å². The van der Waals surface area contributed by atoms with Gasteiger partial charge in [0.1, 0.15) is 16.4 Å². The molecule has 1 fully saturated rings. The Hall–Kier alpha value is -3.96. The fourth-order valence-electron chi connectivity index (χ4n) is 5.37. The van der Waals surface area contributed by atoms with Gasteiger partial charge in [0.05, 0.1) is 29.8 Å². The number of nitrogens with zero attached hydrogens (tertiary/aromatic N) is 6. The first kappa shape index (κ1) is 24.4. The first-order valence-electron chi connectivity index (χ1n) is 12.2. The number of halogens is 1. The molecule has 0 saturated carbocycles. The molecule has 1 aliphatic heterocycles. The van der Waals surface area contributed by atoms with Crippen LogP contribution in [-0.4, -0.2) is 55.6 Å². The summed E-state index contributed by atoms with van der Waals surface area (Å²) in [6, 6.07) is 8.59. The van der Waals surface area contributed by atoms with Crippen LogP contribution >= 0.6 is 0 Å². The van der Waals surface area contributed by atoms with Crippen LogP contribution < -0.4 is 0 Å². The van der Waals surface area contributed by atoms with E-state index in [1.165, 1.54) is 33.5 Å². The van der Waals surface area contributed by atoms with Gasteiger partial charge in [0.2, 0.25) is 10.0 Å². The minimum atomic E-state index is -4.01. The molecule has 4 aromatic rings. The van der Waals surface area contributed by atoms with E-state index in [0.29, 0.717) is 12.8 Å². The Kier molecular flexibility index (Phi) is 5.84. The molecule has 38 heavy (non-hydrogen) atoms. The zero-order valence-electron chi connectivity index (χ0n) is 20.8. The average molecular weight is 533 g/mol. The number of pyridine rings is 1. The first-order valence-corrected chi connectivity index (χ1v) is 13.7. The highest BCUT2D eigenvalue weighted by Gasteiger charge is 2.47. The number of ketones is 1. The van der Waals surface area contributed by atoms with Gasteiger partial charge in [-0.2, -0.15) is 14.5 Å². The van der Waals surface area contributed by atoms with Crippen LogP contribution in [0.15, 0.2) is 71.7 Å². The number of carbonyl (C=O) groups excluding carboxylic acids is 1. The smallest absolute Gasteiger partial charge is 0.246 e. The summed E-state index contributed by atoms with van der Waals surface area (Å²) in [5, 5.41) is 8.56. The van der Waals surface area contributed by atoms with Gasteiger partial charge in [0.15, 0.2) is 5.78 Å². The second-order valence-corrected chi connectivity index (χ2v) is 11.6. The highest BCUT2D eigenvalue weighted by molar-refractivity contribution is 7.89. The average Bonchev–Trinajstić information content (AvgIpc) is 3.53. The number of piperidine rings is 1. The summed E-state index contributed by atoms with van der Waals surface area (Å²) in [5.41, 5.74) is 4.53. The highest BCUT2D eigenvalue weighted by Crippen LogP contribution is 2.41. The van der Waals surface area contributed by atoms with Crippen molar-refractivity contribution in [3.8, 4) is 5.69 Å². The van der Waals surface area contributed by atoms with Gasteiger partial charge in [-0.05, 0) is 73.4 Å². The number of aromatic nitrogens is 5. The summed E-state index contributed by atoms with van der Waals surface area (Å²) in [6.07, 6.45) is 8.93. The minimum absolute atomic E-state index is 0.0445. The molecule has 2 atom stereocenters. The predicted octanol–water partition coefficient (Wildman–Crippen LogP) is 3.35. The van der Waals surface area contributed by atoms with E-state index in [1.54, 1.807) is 48.4 Å². The van der Waals surface area contributed by atoms with E-state index < -0.39 is 16.1 Å². The summed E-state index contributed by atoms with van der Waals surface area (Å²) in [6.45, 7) is 2.01. The lowest BCUT2D eigenvalue weighted by Crippen LogP contribution is -2.54. The number of Topliss-reactive ketones (excluding diaryl/α,β-unsaturated/α-hetero) is 1. The summed E-state index contributed by atoms with van der Waals surface area (Å²) < 4.78 is 45.5. The molecule has 2 aliphatic rings. The van der Waals surface area contributed by atoms with E-state index >= 15 is 0 Å². The van der Waals surface area contributed by atoms with Crippen molar-refractivity contribution in [2.45, 2.75) is 30.7 Å². The van der Waals surface area contributed by atoms with E-state index in [-0.39, 0.29) is 34.7 Å². The second kappa shape index (κ2) is 9.10. The van der Waals surface area contributed by atoms with Gasteiger partial charge in [-0.25, -0.2) is 17.5 Å². The molecule has 0 N–H and O–H groups in total. The first-order chi connectivity index (χ1) is 18.2. The van der Waals surface area contributed by atoms with Gasteiger partial charge in [0, 0.05) is 31.9 Å². The van der Waals surface area contributed by atoms with Gasteiger partial charge in [-0.1, -0.05) is 5.57 Å². The van der Waals surface area contributed by atoms with Gasteiger partial charge in [0.25, 0.3) is 0 Å². The van der Waals surface area contributed by atoms with Crippen molar-refractivity contribution < 1.29 is 17.6 Å². The fraction of sp³-hybridized carbons (Fsp3) is 0.259. The molecule has 1 aromatic carbocycles. The summed E-state index contributed by atoms with van der Waals surface area (Å²) in [7, 11) is -2.36. The van der Waals surface area contributed by atoms with Crippen LogP contribution in [0.5, 0.6) is 0 Å². The third kappa shape index (κ3) is 4.07. The minimum Gasteiger partial charge on any atom is -0.291 e. The zero-order chi connectivity index (χ0) is 26.6. The summed E-state index contributed by atoms with van der Waals surface area (Å²) in [4.78, 5) is 18.3. The number of sulfonamides is 1. The number of benzene rings is 1. The van der Waals surface area contributed by atoms with Crippen LogP contribution in [0.2, 0.25) is 0 Å². The Morgan fingerprint density at radius 2 is 1.89 bits per heavy atom. The van der Waals surface area contributed by atoms with Crippen molar-refractivity contribution >= 4 is 21.9 Å². The van der Waals surface area contributed by atoms with Crippen molar-refractivity contribution in [3.63, 3.8) is 0 Å². The van der Waals surface area contributed by atoms with Crippen LogP contribution in [0.3, 0.4) is 0 Å². The van der Waals surface area contributed by atoms with E-state index in [1.807, 2.05) is 13.0 Å². The van der Waals surface area contributed by atoms with Crippen LogP contribution in [0.4, 0.5) is 4.39 Å². The Morgan fingerprint density at radius 1 is 1.11 bits per heavy atom. The maximum absolute atomic E-state index is 14.0. The monoisotopic (exact) mass is 532 g/mol. The third-order valence-electron chi connectivity index (χ3n) is 7.23. The molecule has 6 rings (SSSR count). The molecule has 1 saturated heterocycles. The highest BCUT2D eigenvalue weighted by atomic mass is 32.2. The fourth-order valence-corrected chi connectivity index (χ4v) is 6.98. The molecule has 0 amide bonds. The zero-order valence-corrected chi connectivity index (χ0v) is 21.6. The summed E-state index contributed by atoms with van der Waals surface area (Å²) in [5.74, 6) is -1.06. The van der Waals surface area contributed by atoms with Crippen LogP contribution in [0.1, 0.15) is 33.7 Å². The van der Waals surface area contributed by atoms with E-state index in [9.17, 15) is 17.6 Å². The number of fused-ring (bicyclic) bond motifs is 2. The maximum atomic E-state index is 14.0. The third-order valence-corrected chi connectivity index (χ3v) is 9.07. The molecule has 4 heterocycles. The van der Waals surface area contributed by atoms with Crippen molar-refractivity contribution in [1.82, 2.24) is 28.9 Å². The molecule has 0 bridgehead atoms. The second-order valence-electron chi connectivity index (χ2n) is 9.72. The number of hydrogen-bond donors (Lipinski definition) is 0. The number of rotatable bonds is 5. The number of aryl methyl sites for hydroxylation is 2.